The molecule has 0 bridgehead atoms. The molecule has 67 heavy (non-hydrogen) atoms. The van der Waals surface area contributed by atoms with Crippen LogP contribution in [0.3, 0.4) is 0 Å². The lowest BCUT2D eigenvalue weighted by Crippen LogP contribution is -2.45. The molecule has 0 heterocycles. The number of allylic oxidation sites excluding steroid dienone is 6. The van der Waals surface area contributed by atoms with Gasteiger partial charge in [0, 0.05) is 12.8 Å². The van der Waals surface area contributed by atoms with Gasteiger partial charge in [0.05, 0.1) is 25.4 Å². The van der Waals surface area contributed by atoms with Gasteiger partial charge >= 0.3 is 5.97 Å². The zero-order chi connectivity index (χ0) is 48.6. The normalized spacial score (nSPS) is 12.8. The average Bonchev–Trinajstić information content (AvgIpc) is 3.33. The van der Waals surface area contributed by atoms with Crippen LogP contribution in [0.2, 0.25) is 0 Å². The van der Waals surface area contributed by atoms with Crippen LogP contribution in [0.15, 0.2) is 36.5 Å². The molecule has 0 saturated heterocycles. The molecule has 2 unspecified atom stereocenters. The molecule has 6 heteroatoms. The molecule has 0 aromatic carbocycles. The molecule has 3 N–H and O–H groups in total. The van der Waals surface area contributed by atoms with Gasteiger partial charge in [-0.15, -0.1) is 0 Å². The van der Waals surface area contributed by atoms with Gasteiger partial charge in [-0.1, -0.05) is 256 Å². The minimum Gasteiger partial charge on any atom is -0.466 e. The summed E-state index contributed by atoms with van der Waals surface area (Å²) in [5.41, 5.74) is 0. The third kappa shape index (κ3) is 53.3. The van der Waals surface area contributed by atoms with Crippen LogP contribution in [-0.2, 0) is 14.3 Å². The van der Waals surface area contributed by atoms with Crippen LogP contribution in [0.25, 0.3) is 0 Å². The van der Waals surface area contributed by atoms with E-state index < -0.39 is 12.1 Å². The molecule has 0 spiro atoms. The number of amides is 1. The van der Waals surface area contributed by atoms with Crippen molar-refractivity contribution in [3.8, 4) is 0 Å². The molecule has 0 aromatic heterocycles. The molecule has 0 rings (SSSR count). The summed E-state index contributed by atoms with van der Waals surface area (Å²) in [5, 5.41) is 23.3. The highest BCUT2D eigenvalue weighted by Gasteiger charge is 2.20. The van der Waals surface area contributed by atoms with Crippen molar-refractivity contribution in [1.29, 1.82) is 0 Å². The summed E-state index contributed by atoms with van der Waals surface area (Å²) < 4.78 is 5.48. The Hall–Kier alpha value is -1.92. The van der Waals surface area contributed by atoms with Gasteiger partial charge in [-0.2, -0.15) is 0 Å². The number of ether oxygens (including phenoxy) is 1. The molecule has 1 amide bonds. The van der Waals surface area contributed by atoms with E-state index in [1.54, 1.807) is 0 Å². The van der Waals surface area contributed by atoms with E-state index in [0.29, 0.717) is 25.9 Å². The summed E-state index contributed by atoms with van der Waals surface area (Å²) in [4.78, 5) is 24.6. The van der Waals surface area contributed by atoms with Crippen molar-refractivity contribution in [2.75, 3.05) is 13.2 Å². The Kier molecular flexibility index (Phi) is 55.0. The average molecular weight is 943 g/mol. The first kappa shape index (κ1) is 65.1. The summed E-state index contributed by atoms with van der Waals surface area (Å²) in [6.07, 6.45) is 69.9. The zero-order valence-corrected chi connectivity index (χ0v) is 44.9. The van der Waals surface area contributed by atoms with E-state index in [0.717, 1.165) is 70.6 Å². The van der Waals surface area contributed by atoms with Crippen molar-refractivity contribution in [2.24, 2.45) is 0 Å². The van der Waals surface area contributed by atoms with Crippen molar-refractivity contribution in [3.05, 3.63) is 36.5 Å². The number of rotatable bonds is 55. The number of hydrogen-bond donors (Lipinski definition) is 3. The molecule has 0 aliphatic rings. The molecule has 0 fully saturated rings. The minimum atomic E-state index is -0.675. The van der Waals surface area contributed by atoms with E-state index in [-0.39, 0.29) is 18.5 Å². The first-order valence-corrected chi connectivity index (χ1v) is 29.7. The van der Waals surface area contributed by atoms with E-state index in [4.69, 9.17) is 4.74 Å². The zero-order valence-electron chi connectivity index (χ0n) is 44.9. The second kappa shape index (κ2) is 56.7. The second-order valence-corrected chi connectivity index (χ2v) is 20.3. The SMILES string of the molecule is CCCCCC/C=C\C/C=C\CCCCCCCCCC(=O)OCCCCCCCCC/C=C\CCCCCCCC(=O)NC(CO)C(O)CCCCCCCCCCCCCCCCCC. The van der Waals surface area contributed by atoms with E-state index in [9.17, 15) is 19.8 Å². The highest BCUT2D eigenvalue weighted by Crippen LogP contribution is 2.17. The first-order chi connectivity index (χ1) is 33.0. The molecule has 0 aromatic rings. The Morgan fingerprint density at radius 3 is 1.16 bits per heavy atom. The van der Waals surface area contributed by atoms with Gasteiger partial charge in [0.15, 0.2) is 0 Å². The van der Waals surface area contributed by atoms with Gasteiger partial charge in [-0.3, -0.25) is 9.59 Å². The Balaban J connectivity index is 3.46. The first-order valence-electron chi connectivity index (χ1n) is 29.7. The molecule has 0 aliphatic heterocycles. The third-order valence-corrected chi connectivity index (χ3v) is 13.7. The van der Waals surface area contributed by atoms with Crippen molar-refractivity contribution in [1.82, 2.24) is 5.32 Å². The van der Waals surface area contributed by atoms with Gasteiger partial charge < -0.3 is 20.3 Å². The molecular weight excluding hydrogens is 827 g/mol. The number of esters is 1. The maximum Gasteiger partial charge on any atom is 0.305 e. The fourth-order valence-electron chi connectivity index (χ4n) is 9.08. The summed E-state index contributed by atoms with van der Waals surface area (Å²) in [6.45, 7) is 4.92. The van der Waals surface area contributed by atoms with Crippen LogP contribution in [0, 0.1) is 0 Å². The molecule has 0 radical (unpaired) electrons. The smallest absolute Gasteiger partial charge is 0.305 e. The summed E-state index contributed by atoms with van der Waals surface area (Å²) in [6, 6.07) is -0.554. The highest BCUT2D eigenvalue weighted by molar-refractivity contribution is 5.76. The van der Waals surface area contributed by atoms with Gasteiger partial charge in [0.1, 0.15) is 0 Å². The van der Waals surface area contributed by atoms with E-state index in [1.165, 1.54) is 212 Å². The maximum absolute atomic E-state index is 12.5. The summed E-state index contributed by atoms with van der Waals surface area (Å²) in [7, 11) is 0. The monoisotopic (exact) mass is 942 g/mol. The van der Waals surface area contributed by atoms with Gasteiger partial charge in [-0.25, -0.2) is 0 Å². The lowest BCUT2D eigenvalue weighted by molar-refractivity contribution is -0.143. The number of carbonyl (C=O) groups is 2. The van der Waals surface area contributed by atoms with Crippen molar-refractivity contribution in [2.45, 2.75) is 328 Å². The van der Waals surface area contributed by atoms with Crippen LogP contribution in [0.4, 0.5) is 0 Å². The predicted molar refractivity (Wildman–Crippen MR) is 292 cm³/mol. The van der Waals surface area contributed by atoms with Gasteiger partial charge in [0.25, 0.3) is 0 Å². The quantitative estimate of drug-likeness (QED) is 0.0321. The van der Waals surface area contributed by atoms with Crippen LogP contribution in [0.1, 0.15) is 316 Å². The van der Waals surface area contributed by atoms with E-state index >= 15 is 0 Å². The van der Waals surface area contributed by atoms with E-state index in [1.807, 2.05) is 0 Å². The largest absolute Gasteiger partial charge is 0.466 e. The van der Waals surface area contributed by atoms with Crippen LogP contribution < -0.4 is 5.32 Å². The van der Waals surface area contributed by atoms with Crippen molar-refractivity contribution in [3.63, 3.8) is 0 Å². The number of hydrogen-bond acceptors (Lipinski definition) is 5. The van der Waals surface area contributed by atoms with E-state index in [2.05, 4.69) is 55.6 Å². The molecule has 0 aliphatic carbocycles. The number of aliphatic hydroxyl groups excluding tert-OH is 2. The molecule has 0 saturated carbocycles. The Labute approximate surface area is 417 Å². The number of nitrogens with one attached hydrogen (secondary N) is 1. The number of aliphatic hydroxyl groups is 2. The molecule has 394 valence electrons. The standard InChI is InChI=1S/C61H115NO5/c1-3-5-7-9-11-13-15-17-19-21-22-27-31-35-39-43-47-51-55-61(66)67-56-52-48-44-40-36-32-28-24-23-26-30-34-38-42-46-50-54-60(65)62-58(57-63)59(64)53-49-45-41-37-33-29-25-20-18-16-14-12-10-8-6-4-2/h13,15,19,21,23,26,58-59,63-64H,3-12,14,16-18,20,22,24-25,27-57H2,1-2H3,(H,62,65)/b15-13-,21-19-,26-23-. The Morgan fingerprint density at radius 1 is 0.418 bits per heavy atom. The fraction of sp³-hybridized carbons (Fsp3) is 0.869. The Bertz CT molecular complexity index is 1090. The predicted octanol–water partition coefficient (Wildman–Crippen LogP) is 18.4. The third-order valence-electron chi connectivity index (χ3n) is 13.7. The lowest BCUT2D eigenvalue weighted by atomic mass is 10.0. The van der Waals surface area contributed by atoms with Crippen LogP contribution in [0.5, 0.6) is 0 Å². The Morgan fingerprint density at radius 2 is 0.746 bits per heavy atom. The van der Waals surface area contributed by atoms with Crippen LogP contribution >= 0.6 is 0 Å². The maximum atomic E-state index is 12.5. The topological polar surface area (TPSA) is 95.9 Å². The molecular formula is C61H115NO5. The summed E-state index contributed by atoms with van der Waals surface area (Å²) >= 11 is 0. The number of unbranched alkanes of at least 4 members (excludes halogenated alkanes) is 38. The molecule has 6 nitrogen and oxygen atoms in total. The molecule has 2 atom stereocenters. The number of carbonyl (C=O) groups excluding carboxylic acids is 2. The minimum absolute atomic E-state index is 0.0100. The highest BCUT2D eigenvalue weighted by atomic mass is 16.5. The summed E-state index contributed by atoms with van der Waals surface area (Å²) in [5.74, 6) is -0.0612. The van der Waals surface area contributed by atoms with Crippen LogP contribution in [-0.4, -0.2) is 47.4 Å². The van der Waals surface area contributed by atoms with Crippen molar-refractivity contribution < 1.29 is 24.5 Å². The van der Waals surface area contributed by atoms with Gasteiger partial charge in [-0.05, 0) is 83.5 Å². The fourth-order valence-corrected chi connectivity index (χ4v) is 9.08. The van der Waals surface area contributed by atoms with Gasteiger partial charge in [0.2, 0.25) is 5.91 Å². The second-order valence-electron chi connectivity index (χ2n) is 20.3. The van der Waals surface area contributed by atoms with Crippen molar-refractivity contribution >= 4 is 11.9 Å². The lowest BCUT2D eigenvalue weighted by Gasteiger charge is -2.22.